The van der Waals surface area contributed by atoms with Gasteiger partial charge < -0.3 is 20.5 Å². The fourth-order valence-corrected chi connectivity index (χ4v) is 3.67. The van der Waals surface area contributed by atoms with Gasteiger partial charge in [-0.15, -0.1) is 0 Å². The largest absolute Gasteiger partial charge is 0.388 e. The van der Waals surface area contributed by atoms with E-state index in [4.69, 9.17) is 4.74 Å². The minimum atomic E-state index is -0.734. The van der Waals surface area contributed by atoms with Gasteiger partial charge in [0.05, 0.1) is 12.1 Å². The Kier molecular flexibility index (Phi) is 6.02. The molecule has 5 nitrogen and oxygen atoms in total. The van der Waals surface area contributed by atoms with Crippen molar-refractivity contribution in [3.63, 3.8) is 0 Å². The smallest absolute Gasteiger partial charge is 0.191 e. The van der Waals surface area contributed by atoms with Crippen LogP contribution in [0.5, 0.6) is 0 Å². The van der Waals surface area contributed by atoms with Crippen LogP contribution in [0.4, 0.5) is 0 Å². The van der Waals surface area contributed by atoms with E-state index >= 15 is 0 Å². The van der Waals surface area contributed by atoms with Crippen molar-refractivity contribution in [3.05, 3.63) is 34.3 Å². The number of hydrogen-bond donors (Lipinski definition) is 3. The molecule has 1 aliphatic carbocycles. The fourth-order valence-electron chi connectivity index (χ4n) is 3.27. The normalized spacial score (nSPS) is 21.6. The molecule has 1 saturated heterocycles. The molecule has 1 saturated carbocycles. The van der Waals surface area contributed by atoms with Gasteiger partial charge in [-0.2, -0.15) is 0 Å². The number of hydrogen-bond acceptors (Lipinski definition) is 3. The van der Waals surface area contributed by atoms with Gasteiger partial charge >= 0.3 is 0 Å². The summed E-state index contributed by atoms with van der Waals surface area (Å²) in [5, 5.41) is 17.4. The van der Waals surface area contributed by atoms with Crippen LogP contribution in [0.25, 0.3) is 0 Å². The van der Waals surface area contributed by atoms with E-state index in [9.17, 15) is 5.11 Å². The first-order valence-corrected chi connectivity index (χ1v) is 9.93. The van der Waals surface area contributed by atoms with E-state index in [0.29, 0.717) is 32.6 Å². The zero-order valence-electron chi connectivity index (χ0n) is 14.9. The van der Waals surface area contributed by atoms with E-state index in [1.54, 1.807) is 0 Å². The highest BCUT2D eigenvalue weighted by atomic mass is 79.9. The van der Waals surface area contributed by atoms with Crippen LogP contribution in [-0.4, -0.2) is 49.5 Å². The van der Waals surface area contributed by atoms with E-state index in [1.807, 2.05) is 0 Å². The van der Waals surface area contributed by atoms with Gasteiger partial charge in [-0.1, -0.05) is 28.1 Å². The second-order valence-corrected chi connectivity index (χ2v) is 8.09. The maximum atomic E-state index is 10.6. The van der Waals surface area contributed by atoms with Crippen LogP contribution in [0.15, 0.2) is 33.7 Å². The molecule has 0 radical (unpaired) electrons. The minimum absolute atomic E-state index is 0.204. The summed E-state index contributed by atoms with van der Waals surface area (Å²) in [5.74, 6) is 0.781. The van der Waals surface area contributed by atoms with E-state index < -0.39 is 5.60 Å². The molecule has 1 aliphatic heterocycles. The highest BCUT2D eigenvalue weighted by molar-refractivity contribution is 9.10. The number of nitrogens with one attached hydrogen (secondary N) is 2. The summed E-state index contributed by atoms with van der Waals surface area (Å²) < 4.78 is 6.46. The van der Waals surface area contributed by atoms with Crippen LogP contribution in [0.3, 0.4) is 0 Å². The van der Waals surface area contributed by atoms with Gasteiger partial charge in [-0.05, 0) is 37.5 Å². The molecule has 25 heavy (non-hydrogen) atoms. The third-order valence-corrected chi connectivity index (χ3v) is 5.68. The Balaban J connectivity index is 1.61. The zero-order chi connectivity index (χ0) is 17.8. The Morgan fingerprint density at radius 3 is 2.64 bits per heavy atom. The van der Waals surface area contributed by atoms with Gasteiger partial charge in [0.25, 0.3) is 0 Å². The van der Waals surface area contributed by atoms with Gasteiger partial charge in [0.1, 0.15) is 0 Å². The molecule has 0 unspecified atom stereocenters. The Bertz CT molecular complexity index is 610. The van der Waals surface area contributed by atoms with E-state index in [1.165, 1.54) is 18.4 Å². The molecular formula is C19H28BrN3O2. The first-order chi connectivity index (χ1) is 12.1. The van der Waals surface area contributed by atoms with Gasteiger partial charge in [-0.3, -0.25) is 4.99 Å². The summed E-state index contributed by atoms with van der Waals surface area (Å²) in [6.07, 6.45) is 3.68. The highest BCUT2D eigenvalue weighted by Gasteiger charge is 2.44. The van der Waals surface area contributed by atoms with Crippen LogP contribution in [0.2, 0.25) is 0 Å². The predicted molar refractivity (Wildman–Crippen MR) is 104 cm³/mol. The molecule has 1 aromatic carbocycles. The molecule has 0 spiro atoms. The molecule has 0 atom stereocenters. The predicted octanol–water partition coefficient (Wildman–Crippen LogP) is 2.58. The zero-order valence-corrected chi connectivity index (χ0v) is 16.4. The fraction of sp³-hybridized carbons (Fsp3) is 0.632. The van der Waals surface area contributed by atoms with Crippen molar-refractivity contribution in [3.8, 4) is 0 Å². The minimum Gasteiger partial charge on any atom is -0.388 e. The lowest BCUT2D eigenvalue weighted by Gasteiger charge is -2.30. The molecule has 3 N–H and O–H groups in total. The van der Waals surface area contributed by atoms with Crippen LogP contribution in [0, 0.1) is 0 Å². The number of rotatable bonds is 6. The standard InChI is InChI=1S/C19H28BrN3O2/c1-2-21-17(23-14-19(24)8-10-25-11-9-19)22-13-18(6-7-18)15-4-3-5-16(20)12-15/h3-5,12,24H,2,6-11,13-14H2,1H3,(H2,21,22,23). The Labute approximate surface area is 158 Å². The molecule has 0 aromatic heterocycles. The quantitative estimate of drug-likeness (QED) is 0.498. The van der Waals surface area contributed by atoms with Crippen LogP contribution in [-0.2, 0) is 10.2 Å². The first-order valence-electron chi connectivity index (χ1n) is 9.14. The van der Waals surface area contributed by atoms with Crippen molar-refractivity contribution < 1.29 is 9.84 Å². The highest BCUT2D eigenvalue weighted by Crippen LogP contribution is 2.48. The van der Waals surface area contributed by atoms with Crippen molar-refractivity contribution in [2.75, 3.05) is 32.8 Å². The second kappa shape index (κ2) is 8.06. The summed E-state index contributed by atoms with van der Waals surface area (Å²) in [7, 11) is 0. The van der Waals surface area contributed by atoms with Crippen molar-refractivity contribution in [2.45, 2.75) is 43.6 Å². The van der Waals surface area contributed by atoms with Crippen molar-refractivity contribution in [2.24, 2.45) is 4.99 Å². The molecule has 6 heteroatoms. The van der Waals surface area contributed by atoms with E-state index in [0.717, 1.165) is 23.5 Å². The van der Waals surface area contributed by atoms with Crippen LogP contribution in [0.1, 0.15) is 38.2 Å². The summed E-state index contributed by atoms with van der Waals surface area (Å²) >= 11 is 3.57. The van der Waals surface area contributed by atoms with Gasteiger partial charge in [0.2, 0.25) is 0 Å². The van der Waals surface area contributed by atoms with Gasteiger partial charge in [0.15, 0.2) is 5.96 Å². The number of aliphatic hydroxyl groups is 1. The van der Waals surface area contributed by atoms with Crippen molar-refractivity contribution >= 4 is 21.9 Å². The number of ether oxygens (including phenoxy) is 1. The summed E-state index contributed by atoms with van der Waals surface area (Å²) in [4.78, 5) is 4.63. The summed E-state index contributed by atoms with van der Waals surface area (Å²) in [6.45, 7) is 5.36. The molecule has 1 heterocycles. The topological polar surface area (TPSA) is 65.9 Å². The summed E-state index contributed by atoms with van der Waals surface area (Å²) in [6, 6.07) is 8.57. The lowest BCUT2D eigenvalue weighted by Crippen LogP contribution is -2.44. The number of aliphatic imine (C=N–C) groups is 1. The monoisotopic (exact) mass is 409 g/mol. The SMILES string of the molecule is CCNC(=NCC1(O)CCOCC1)NCC1(c2cccc(Br)c2)CC1. The van der Waals surface area contributed by atoms with E-state index in [-0.39, 0.29) is 5.41 Å². The number of guanidine groups is 1. The van der Waals surface area contributed by atoms with Gasteiger partial charge in [0, 0.05) is 49.0 Å². The molecule has 0 amide bonds. The van der Waals surface area contributed by atoms with Crippen LogP contribution >= 0.6 is 15.9 Å². The molecule has 1 aromatic rings. The molecule has 2 aliphatic rings. The molecule has 2 fully saturated rings. The Morgan fingerprint density at radius 1 is 1.24 bits per heavy atom. The molecule has 0 bridgehead atoms. The lowest BCUT2D eigenvalue weighted by atomic mass is 9.95. The first kappa shape index (κ1) is 18.7. The third kappa shape index (κ3) is 4.96. The Hall–Kier alpha value is -1.11. The van der Waals surface area contributed by atoms with Crippen LogP contribution < -0.4 is 10.6 Å². The number of benzene rings is 1. The maximum Gasteiger partial charge on any atom is 0.191 e. The molecule has 3 rings (SSSR count). The van der Waals surface area contributed by atoms with E-state index in [2.05, 4.69) is 62.7 Å². The number of nitrogens with zero attached hydrogens (tertiary/aromatic N) is 1. The average Bonchev–Trinajstić information content (AvgIpc) is 3.39. The second-order valence-electron chi connectivity index (χ2n) is 7.18. The molecule has 138 valence electrons. The molecular weight excluding hydrogens is 382 g/mol. The summed E-state index contributed by atoms with van der Waals surface area (Å²) in [5.41, 5.74) is 0.839. The van der Waals surface area contributed by atoms with Crippen molar-refractivity contribution in [1.29, 1.82) is 0 Å². The average molecular weight is 410 g/mol. The van der Waals surface area contributed by atoms with Crippen molar-refractivity contribution in [1.82, 2.24) is 10.6 Å². The number of halogens is 1. The Morgan fingerprint density at radius 2 is 2.00 bits per heavy atom. The van der Waals surface area contributed by atoms with Gasteiger partial charge in [-0.25, -0.2) is 0 Å². The lowest BCUT2D eigenvalue weighted by molar-refractivity contribution is -0.0565. The third-order valence-electron chi connectivity index (χ3n) is 5.18. The maximum absolute atomic E-state index is 10.6.